The number of ether oxygens (including phenoxy) is 1. The van der Waals surface area contributed by atoms with Crippen LogP contribution in [0.3, 0.4) is 0 Å². The van der Waals surface area contributed by atoms with E-state index in [0.717, 1.165) is 38.5 Å². The van der Waals surface area contributed by atoms with Crippen LogP contribution in [0, 0.1) is 5.92 Å². The Balaban J connectivity index is 4.51. The second-order valence-corrected chi connectivity index (χ2v) is 5.81. The van der Waals surface area contributed by atoms with E-state index >= 15 is 0 Å². The number of amides is 1. The highest BCUT2D eigenvalue weighted by molar-refractivity contribution is 5.91. The molecule has 0 aromatic carbocycles. The van der Waals surface area contributed by atoms with Gasteiger partial charge in [0.05, 0.1) is 6.61 Å². The number of carbonyl (C=O) groups is 2. The van der Waals surface area contributed by atoms with Gasteiger partial charge >= 0.3 is 5.97 Å². The Labute approximate surface area is 135 Å². The maximum absolute atomic E-state index is 12.2. The quantitative estimate of drug-likeness (QED) is 0.405. The summed E-state index contributed by atoms with van der Waals surface area (Å²) in [6, 6.07) is -0.555. The van der Waals surface area contributed by atoms with Gasteiger partial charge < -0.3 is 9.64 Å². The van der Waals surface area contributed by atoms with Gasteiger partial charge in [-0.05, 0) is 31.8 Å². The molecule has 0 radical (unpaired) electrons. The van der Waals surface area contributed by atoms with Crippen LogP contribution in [0.2, 0.25) is 0 Å². The lowest BCUT2D eigenvalue weighted by molar-refractivity contribution is -0.154. The van der Waals surface area contributed by atoms with E-state index in [1.807, 2.05) is 0 Å². The van der Waals surface area contributed by atoms with Crippen molar-refractivity contribution in [2.24, 2.45) is 5.92 Å². The molecule has 22 heavy (non-hydrogen) atoms. The molecule has 0 rings (SSSR count). The molecular formula is C18H33NO3. The van der Waals surface area contributed by atoms with Crippen LogP contribution in [0.25, 0.3) is 0 Å². The fourth-order valence-corrected chi connectivity index (χ4v) is 2.29. The lowest BCUT2D eigenvalue weighted by atomic mass is 10.0. The summed E-state index contributed by atoms with van der Waals surface area (Å²) in [5, 5.41) is 0. The third-order valence-corrected chi connectivity index (χ3v) is 4.02. The van der Waals surface area contributed by atoms with E-state index in [-0.39, 0.29) is 11.9 Å². The molecule has 0 aliphatic rings. The van der Waals surface area contributed by atoms with Crippen LogP contribution in [-0.2, 0) is 14.3 Å². The van der Waals surface area contributed by atoms with E-state index in [0.29, 0.717) is 19.1 Å². The minimum Gasteiger partial charge on any atom is -0.464 e. The van der Waals surface area contributed by atoms with Crippen molar-refractivity contribution in [3.8, 4) is 0 Å². The van der Waals surface area contributed by atoms with E-state index in [1.165, 1.54) is 6.08 Å². The normalized spacial score (nSPS) is 13.3. The second kappa shape index (κ2) is 12.2. The van der Waals surface area contributed by atoms with Crippen molar-refractivity contribution in [2.45, 2.75) is 72.3 Å². The minimum absolute atomic E-state index is 0.212. The van der Waals surface area contributed by atoms with Gasteiger partial charge in [0.15, 0.2) is 0 Å². The van der Waals surface area contributed by atoms with Crippen molar-refractivity contribution in [3.05, 3.63) is 12.7 Å². The van der Waals surface area contributed by atoms with Gasteiger partial charge in [0, 0.05) is 6.54 Å². The highest BCUT2D eigenvalue weighted by Crippen LogP contribution is 2.14. The molecular weight excluding hydrogens is 278 g/mol. The Hall–Kier alpha value is -1.32. The molecule has 0 saturated heterocycles. The molecule has 0 aromatic rings. The van der Waals surface area contributed by atoms with E-state index < -0.39 is 6.04 Å². The first-order chi connectivity index (χ1) is 10.5. The topological polar surface area (TPSA) is 46.6 Å². The average molecular weight is 311 g/mol. The fraction of sp³-hybridized carbons (Fsp3) is 0.778. The zero-order valence-electron chi connectivity index (χ0n) is 14.8. The molecule has 0 fully saturated rings. The van der Waals surface area contributed by atoms with Gasteiger partial charge in [0.1, 0.15) is 6.04 Å². The molecule has 0 aromatic heterocycles. The second-order valence-electron chi connectivity index (χ2n) is 5.81. The molecule has 0 heterocycles. The Morgan fingerprint density at radius 3 is 2.32 bits per heavy atom. The third kappa shape index (κ3) is 7.62. The smallest absolute Gasteiger partial charge is 0.328 e. The standard InChI is InChI=1S/C18H33NO3/c1-6-10-12-16(8-3)14-22-18(21)15(5)19(13-11-7-2)17(20)9-4/h9,15-16H,4,6-8,10-14H2,1-3,5H3. The van der Waals surface area contributed by atoms with Gasteiger partial charge in [-0.3, -0.25) is 4.79 Å². The van der Waals surface area contributed by atoms with Gasteiger partial charge in [-0.2, -0.15) is 0 Å². The predicted molar refractivity (Wildman–Crippen MR) is 90.5 cm³/mol. The number of hydrogen-bond acceptors (Lipinski definition) is 3. The van der Waals surface area contributed by atoms with Crippen molar-refractivity contribution in [1.82, 2.24) is 4.90 Å². The summed E-state index contributed by atoms with van der Waals surface area (Å²) < 4.78 is 5.44. The molecule has 4 nitrogen and oxygen atoms in total. The summed E-state index contributed by atoms with van der Waals surface area (Å²) in [7, 11) is 0. The molecule has 0 aliphatic carbocycles. The van der Waals surface area contributed by atoms with Gasteiger partial charge in [-0.1, -0.05) is 53.0 Å². The van der Waals surface area contributed by atoms with E-state index in [1.54, 1.807) is 11.8 Å². The lowest BCUT2D eigenvalue weighted by Gasteiger charge is -2.27. The highest BCUT2D eigenvalue weighted by atomic mass is 16.5. The van der Waals surface area contributed by atoms with Crippen LogP contribution >= 0.6 is 0 Å². The maximum Gasteiger partial charge on any atom is 0.328 e. The Morgan fingerprint density at radius 1 is 1.18 bits per heavy atom. The summed E-state index contributed by atoms with van der Waals surface area (Å²) >= 11 is 0. The number of unbranched alkanes of at least 4 members (excludes halogenated alkanes) is 2. The van der Waals surface area contributed by atoms with Crippen molar-refractivity contribution < 1.29 is 14.3 Å². The summed E-state index contributed by atoms with van der Waals surface area (Å²) in [5.41, 5.74) is 0. The molecule has 0 spiro atoms. The van der Waals surface area contributed by atoms with Crippen LogP contribution < -0.4 is 0 Å². The molecule has 128 valence electrons. The highest BCUT2D eigenvalue weighted by Gasteiger charge is 2.25. The monoisotopic (exact) mass is 311 g/mol. The number of rotatable bonds is 12. The first kappa shape index (κ1) is 20.7. The van der Waals surface area contributed by atoms with Gasteiger partial charge in [0.2, 0.25) is 5.91 Å². The zero-order chi connectivity index (χ0) is 17.0. The Bertz CT molecular complexity index is 341. The Kier molecular flexibility index (Phi) is 11.5. The summed E-state index contributed by atoms with van der Waals surface area (Å²) in [4.78, 5) is 25.7. The van der Waals surface area contributed by atoms with Crippen LogP contribution in [0.4, 0.5) is 0 Å². The summed E-state index contributed by atoms with van der Waals surface area (Å²) in [5.74, 6) is -0.118. The predicted octanol–water partition coefficient (Wildman–Crippen LogP) is 3.95. The van der Waals surface area contributed by atoms with Crippen molar-refractivity contribution in [2.75, 3.05) is 13.2 Å². The maximum atomic E-state index is 12.2. The zero-order valence-corrected chi connectivity index (χ0v) is 14.8. The van der Waals surface area contributed by atoms with Crippen molar-refractivity contribution >= 4 is 11.9 Å². The molecule has 0 bridgehead atoms. The third-order valence-electron chi connectivity index (χ3n) is 4.02. The van der Waals surface area contributed by atoms with Gasteiger partial charge in [-0.15, -0.1) is 0 Å². The number of hydrogen-bond donors (Lipinski definition) is 0. The molecule has 4 heteroatoms. The molecule has 2 atom stereocenters. The fourth-order valence-electron chi connectivity index (χ4n) is 2.29. The number of esters is 1. The Morgan fingerprint density at radius 2 is 1.82 bits per heavy atom. The first-order valence-corrected chi connectivity index (χ1v) is 8.61. The molecule has 0 N–H and O–H groups in total. The average Bonchev–Trinajstić information content (AvgIpc) is 2.54. The molecule has 0 aliphatic heterocycles. The van der Waals surface area contributed by atoms with Crippen molar-refractivity contribution in [1.29, 1.82) is 0 Å². The molecule has 1 amide bonds. The van der Waals surface area contributed by atoms with Crippen LogP contribution in [-0.4, -0.2) is 36.0 Å². The first-order valence-electron chi connectivity index (χ1n) is 8.61. The summed E-state index contributed by atoms with van der Waals surface area (Å²) in [6.45, 7) is 12.6. The lowest BCUT2D eigenvalue weighted by Crippen LogP contribution is -2.44. The van der Waals surface area contributed by atoms with Gasteiger partial charge in [-0.25, -0.2) is 4.79 Å². The number of carbonyl (C=O) groups excluding carboxylic acids is 2. The van der Waals surface area contributed by atoms with E-state index in [2.05, 4.69) is 27.4 Å². The van der Waals surface area contributed by atoms with Crippen LogP contribution in [0.5, 0.6) is 0 Å². The van der Waals surface area contributed by atoms with Crippen LogP contribution in [0.1, 0.15) is 66.2 Å². The van der Waals surface area contributed by atoms with E-state index in [4.69, 9.17) is 4.74 Å². The van der Waals surface area contributed by atoms with Crippen molar-refractivity contribution in [3.63, 3.8) is 0 Å². The van der Waals surface area contributed by atoms with Crippen LogP contribution in [0.15, 0.2) is 12.7 Å². The van der Waals surface area contributed by atoms with E-state index in [9.17, 15) is 9.59 Å². The summed E-state index contributed by atoms with van der Waals surface area (Å²) in [6.07, 6.45) is 7.49. The molecule has 2 unspecified atom stereocenters. The largest absolute Gasteiger partial charge is 0.464 e. The molecule has 0 saturated carbocycles. The van der Waals surface area contributed by atoms with Gasteiger partial charge in [0.25, 0.3) is 0 Å². The minimum atomic E-state index is -0.555. The number of nitrogens with zero attached hydrogens (tertiary/aromatic N) is 1. The SMILES string of the molecule is C=CC(=O)N(CCCC)C(C)C(=O)OCC(CC)CCCC.